The number of carbonyl (C=O) groups is 1. The lowest BCUT2D eigenvalue weighted by atomic mass is 10.1. The molecule has 2 heterocycles. The number of nitrogens with zero attached hydrogens (tertiary/aromatic N) is 3. The highest BCUT2D eigenvalue weighted by atomic mass is 19.3. The molecule has 1 amide bonds. The molecule has 0 unspecified atom stereocenters. The summed E-state index contributed by atoms with van der Waals surface area (Å²) in [6, 6.07) is 7.26. The molecular weight excluding hydrogens is 430 g/mol. The van der Waals surface area contributed by atoms with Crippen LogP contribution in [-0.2, 0) is 18.3 Å². The smallest absolute Gasteiger partial charge is 0.312 e. The van der Waals surface area contributed by atoms with Crippen molar-refractivity contribution in [2.45, 2.75) is 13.0 Å². The molecule has 0 aliphatic carbocycles. The van der Waals surface area contributed by atoms with Crippen molar-refractivity contribution in [1.29, 1.82) is 10.8 Å². The zero-order valence-corrected chi connectivity index (χ0v) is 16.5. The summed E-state index contributed by atoms with van der Waals surface area (Å²) in [5.41, 5.74) is 1.36. The molecule has 0 bridgehead atoms. The van der Waals surface area contributed by atoms with Crippen molar-refractivity contribution >= 4 is 23.5 Å². The highest BCUT2D eigenvalue weighted by Gasteiger charge is 2.33. The minimum absolute atomic E-state index is 0.0396. The zero-order chi connectivity index (χ0) is 23.2. The minimum atomic E-state index is -3.17. The van der Waals surface area contributed by atoms with Crippen LogP contribution in [0.1, 0.15) is 21.5 Å². The number of rotatable bonds is 4. The summed E-state index contributed by atoms with van der Waals surface area (Å²) in [5.74, 6) is -3.92. The molecule has 0 saturated carbocycles. The summed E-state index contributed by atoms with van der Waals surface area (Å²) in [7, 11) is 1.60. The number of benzene rings is 2. The van der Waals surface area contributed by atoms with Crippen molar-refractivity contribution in [3.63, 3.8) is 0 Å². The summed E-state index contributed by atoms with van der Waals surface area (Å²) in [4.78, 5) is 14.4. The Hall–Kier alpha value is -4.02. The number of ether oxygens (including phenoxy) is 1. The third kappa shape index (κ3) is 3.84. The van der Waals surface area contributed by atoms with Gasteiger partial charge in [-0.1, -0.05) is 6.07 Å². The van der Waals surface area contributed by atoms with E-state index in [9.17, 15) is 22.4 Å². The van der Waals surface area contributed by atoms with E-state index in [4.69, 9.17) is 10.8 Å². The van der Waals surface area contributed by atoms with E-state index in [0.29, 0.717) is 11.1 Å². The van der Waals surface area contributed by atoms with Gasteiger partial charge in [-0.3, -0.25) is 25.2 Å². The van der Waals surface area contributed by atoms with Gasteiger partial charge in [0.05, 0.1) is 6.54 Å². The van der Waals surface area contributed by atoms with Gasteiger partial charge in [0.25, 0.3) is 11.8 Å². The standard InChI is InChI=1S/C21H15F4N5O2/c1-29-9-16(12-4-13(22)7-14(23)5-12)20(28-29)30-8-11-3-2-10(6-15(11)21(30)31)18(26)32-19(27)17(24)25/h2-7,9,17,26-27H,8H2,1H3. The number of carbonyl (C=O) groups excluding carboxylic acids is 1. The van der Waals surface area contributed by atoms with Crippen molar-refractivity contribution in [3.8, 4) is 11.1 Å². The van der Waals surface area contributed by atoms with Gasteiger partial charge in [-0.15, -0.1) is 0 Å². The third-order valence-corrected chi connectivity index (χ3v) is 4.82. The number of alkyl halides is 2. The molecule has 0 saturated heterocycles. The Balaban J connectivity index is 1.67. The van der Waals surface area contributed by atoms with Crippen LogP contribution in [0.25, 0.3) is 11.1 Å². The van der Waals surface area contributed by atoms with Crippen LogP contribution >= 0.6 is 0 Å². The van der Waals surface area contributed by atoms with E-state index in [1.807, 2.05) is 0 Å². The van der Waals surface area contributed by atoms with Crippen LogP contribution < -0.4 is 4.90 Å². The van der Waals surface area contributed by atoms with Crippen LogP contribution in [0.2, 0.25) is 0 Å². The van der Waals surface area contributed by atoms with Gasteiger partial charge >= 0.3 is 6.43 Å². The Bertz CT molecular complexity index is 1250. The molecule has 0 fully saturated rings. The van der Waals surface area contributed by atoms with Crippen LogP contribution in [0.15, 0.2) is 42.6 Å². The van der Waals surface area contributed by atoms with Crippen molar-refractivity contribution in [1.82, 2.24) is 9.78 Å². The number of aromatic nitrogens is 2. The number of anilines is 1. The number of hydrogen-bond donors (Lipinski definition) is 2. The van der Waals surface area contributed by atoms with Gasteiger partial charge in [0.1, 0.15) is 11.6 Å². The van der Waals surface area contributed by atoms with Crippen molar-refractivity contribution < 1.29 is 27.1 Å². The maximum Gasteiger partial charge on any atom is 0.312 e. The summed E-state index contributed by atoms with van der Waals surface area (Å²) < 4.78 is 58.4. The molecule has 2 N–H and O–H groups in total. The van der Waals surface area contributed by atoms with E-state index in [0.717, 1.165) is 18.2 Å². The molecule has 4 rings (SSSR count). The lowest BCUT2D eigenvalue weighted by Crippen LogP contribution is -2.24. The van der Waals surface area contributed by atoms with Crippen molar-refractivity contribution in [2.24, 2.45) is 7.05 Å². The van der Waals surface area contributed by atoms with Gasteiger partial charge in [-0.25, -0.2) is 8.78 Å². The minimum Gasteiger partial charge on any atom is -0.419 e. The predicted octanol–water partition coefficient (Wildman–Crippen LogP) is 4.11. The fourth-order valence-electron chi connectivity index (χ4n) is 3.42. The van der Waals surface area contributed by atoms with Crippen LogP contribution in [0.5, 0.6) is 0 Å². The zero-order valence-electron chi connectivity index (χ0n) is 16.5. The molecule has 7 nitrogen and oxygen atoms in total. The first-order valence-electron chi connectivity index (χ1n) is 9.22. The van der Waals surface area contributed by atoms with Crippen molar-refractivity contribution in [2.75, 3.05) is 4.90 Å². The summed E-state index contributed by atoms with van der Waals surface area (Å²) in [6.07, 6.45) is -1.64. The molecule has 2 aromatic carbocycles. The Morgan fingerprint density at radius 1 is 1.09 bits per heavy atom. The van der Waals surface area contributed by atoms with E-state index >= 15 is 0 Å². The normalized spacial score (nSPS) is 12.9. The second-order valence-electron chi connectivity index (χ2n) is 7.06. The topological polar surface area (TPSA) is 95.1 Å². The Morgan fingerprint density at radius 3 is 2.44 bits per heavy atom. The summed E-state index contributed by atoms with van der Waals surface area (Å²) >= 11 is 0. The van der Waals surface area contributed by atoms with Crippen LogP contribution in [0.4, 0.5) is 23.4 Å². The third-order valence-electron chi connectivity index (χ3n) is 4.82. The van der Waals surface area contributed by atoms with Gasteiger partial charge in [-0.2, -0.15) is 13.9 Å². The molecule has 32 heavy (non-hydrogen) atoms. The molecule has 1 aliphatic rings. The predicted molar refractivity (Wildman–Crippen MR) is 107 cm³/mol. The molecule has 0 spiro atoms. The maximum atomic E-state index is 13.7. The van der Waals surface area contributed by atoms with Gasteiger partial charge in [0.15, 0.2) is 5.82 Å². The van der Waals surface area contributed by atoms with E-state index < -0.39 is 35.8 Å². The first-order valence-corrected chi connectivity index (χ1v) is 9.22. The Kier molecular flexibility index (Phi) is 5.25. The van der Waals surface area contributed by atoms with Crippen LogP contribution in [0.3, 0.4) is 0 Å². The van der Waals surface area contributed by atoms with E-state index in [1.54, 1.807) is 7.05 Å². The number of hydrogen-bond acceptors (Lipinski definition) is 5. The SMILES string of the molecule is Cn1cc(-c2cc(F)cc(F)c2)c(N2Cc3ccc(C(=N)OC(=N)C(F)F)cc3C2=O)n1. The largest absolute Gasteiger partial charge is 0.419 e. The number of amides is 1. The number of aryl methyl sites for hydroxylation is 1. The fraction of sp³-hybridized carbons (Fsp3) is 0.143. The molecule has 3 aromatic rings. The van der Waals surface area contributed by atoms with E-state index in [2.05, 4.69) is 9.84 Å². The summed E-state index contributed by atoms with van der Waals surface area (Å²) in [6.45, 7) is 0.108. The second kappa shape index (κ2) is 7.91. The van der Waals surface area contributed by atoms with E-state index in [1.165, 1.54) is 34.0 Å². The quantitative estimate of drug-likeness (QED) is 0.360. The van der Waals surface area contributed by atoms with Gasteiger partial charge in [0.2, 0.25) is 5.90 Å². The van der Waals surface area contributed by atoms with Crippen LogP contribution in [0, 0.1) is 22.5 Å². The number of fused-ring (bicyclic) bond motifs is 1. The monoisotopic (exact) mass is 445 g/mol. The first kappa shape index (κ1) is 21.2. The molecule has 1 aliphatic heterocycles. The highest BCUT2D eigenvalue weighted by Crippen LogP contribution is 2.35. The first-order chi connectivity index (χ1) is 15.1. The van der Waals surface area contributed by atoms with Gasteiger partial charge < -0.3 is 4.74 Å². The summed E-state index contributed by atoms with van der Waals surface area (Å²) in [5, 5.41) is 19.1. The fourth-order valence-corrected chi connectivity index (χ4v) is 3.42. The number of halogens is 4. The maximum absolute atomic E-state index is 13.7. The average molecular weight is 445 g/mol. The van der Waals surface area contributed by atoms with Crippen LogP contribution in [-0.4, -0.2) is 33.9 Å². The molecule has 11 heteroatoms. The Labute approximate surface area is 178 Å². The molecule has 164 valence electrons. The Morgan fingerprint density at radius 2 is 1.78 bits per heavy atom. The van der Waals surface area contributed by atoms with E-state index in [-0.39, 0.29) is 29.1 Å². The highest BCUT2D eigenvalue weighted by molar-refractivity contribution is 6.12. The molecule has 0 radical (unpaired) electrons. The molecular formula is C21H15F4N5O2. The molecule has 0 atom stereocenters. The molecule has 1 aromatic heterocycles. The van der Waals surface area contributed by atoms with Crippen molar-refractivity contribution in [3.05, 3.63) is 70.9 Å². The lowest BCUT2D eigenvalue weighted by Gasteiger charge is -2.14. The lowest BCUT2D eigenvalue weighted by molar-refractivity contribution is 0.0996. The van der Waals surface area contributed by atoms with Gasteiger partial charge in [-0.05, 0) is 35.4 Å². The second-order valence-corrected chi connectivity index (χ2v) is 7.06. The number of nitrogens with one attached hydrogen (secondary N) is 2. The average Bonchev–Trinajstić information content (AvgIpc) is 3.26. The van der Waals surface area contributed by atoms with Gasteiger partial charge in [0, 0.05) is 36.0 Å².